The van der Waals surface area contributed by atoms with Gasteiger partial charge in [-0.3, -0.25) is 4.90 Å². The number of halogens is 1. The quantitative estimate of drug-likeness (QED) is 0.641. The molecule has 1 aliphatic rings. The maximum atomic E-state index is 9.95. The number of likely N-dealkylation sites (tertiary alicyclic amines) is 1. The minimum absolute atomic E-state index is 0.0851. The van der Waals surface area contributed by atoms with Gasteiger partial charge in [0.15, 0.2) is 11.5 Å². The molecular formula is C18H26INO3. The van der Waals surface area contributed by atoms with Gasteiger partial charge < -0.3 is 14.6 Å². The summed E-state index contributed by atoms with van der Waals surface area (Å²) in [7, 11) is 3.31. The lowest BCUT2D eigenvalue weighted by molar-refractivity contribution is 0.0669. The summed E-state index contributed by atoms with van der Waals surface area (Å²) < 4.78 is 12.7. The monoisotopic (exact) mass is 431 g/mol. The molecule has 0 radical (unpaired) electrons. The number of hydrogen-bond acceptors (Lipinski definition) is 4. The van der Waals surface area contributed by atoms with Gasteiger partial charge in [-0.15, -0.1) is 0 Å². The van der Waals surface area contributed by atoms with E-state index >= 15 is 0 Å². The first-order valence-corrected chi connectivity index (χ1v) is 9.25. The molecule has 5 heteroatoms. The van der Waals surface area contributed by atoms with Crippen molar-refractivity contribution in [2.45, 2.75) is 31.2 Å². The van der Waals surface area contributed by atoms with Crippen LogP contribution in [0.15, 0.2) is 28.4 Å². The molecular weight excluding hydrogens is 405 g/mol. The third-order valence-electron chi connectivity index (χ3n) is 4.74. The third-order valence-corrected chi connectivity index (χ3v) is 5.25. The average molecular weight is 431 g/mol. The molecule has 23 heavy (non-hydrogen) atoms. The van der Waals surface area contributed by atoms with Crippen LogP contribution in [0.4, 0.5) is 0 Å². The number of methoxy groups -OCH3 is 2. The molecule has 1 aromatic rings. The van der Waals surface area contributed by atoms with E-state index in [1.54, 1.807) is 14.2 Å². The molecule has 0 unspecified atom stereocenters. The Bertz CT molecular complexity index is 535. The van der Waals surface area contributed by atoms with Crippen LogP contribution < -0.4 is 9.47 Å². The molecule has 2 rings (SSSR count). The number of hydrogen-bond donors (Lipinski definition) is 1. The van der Waals surface area contributed by atoms with Gasteiger partial charge in [-0.2, -0.15) is 0 Å². The fraction of sp³-hybridized carbons (Fsp3) is 0.556. The second-order valence-corrected chi connectivity index (χ2v) is 6.70. The minimum atomic E-state index is -0.0851. The summed E-state index contributed by atoms with van der Waals surface area (Å²) in [6.45, 7) is 2.23. The lowest BCUT2D eigenvalue weighted by Gasteiger charge is -2.36. The summed E-state index contributed by atoms with van der Waals surface area (Å²) in [6, 6.07) is 6.08. The molecule has 0 saturated carbocycles. The van der Waals surface area contributed by atoms with E-state index in [1.807, 2.05) is 16.2 Å². The second kappa shape index (κ2) is 8.89. The maximum Gasteiger partial charge on any atom is 0.160 e. The normalized spacial score (nSPS) is 21.9. The van der Waals surface area contributed by atoms with Gasteiger partial charge in [-0.1, -0.05) is 34.7 Å². The van der Waals surface area contributed by atoms with Crippen molar-refractivity contribution in [3.05, 3.63) is 33.9 Å². The molecule has 0 amide bonds. The zero-order valence-electron chi connectivity index (χ0n) is 13.9. The molecule has 1 aliphatic heterocycles. The van der Waals surface area contributed by atoms with Gasteiger partial charge in [-0.25, -0.2) is 0 Å². The van der Waals surface area contributed by atoms with Gasteiger partial charge in [0.1, 0.15) is 0 Å². The van der Waals surface area contributed by atoms with E-state index in [0.717, 1.165) is 50.3 Å². The van der Waals surface area contributed by atoms with Gasteiger partial charge in [0.25, 0.3) is 0 Å². The molecule has 1 N–H and O–H groups in total. The number of benzene rings is 1. The third kappa shape index (κ3) is 4.39. The summed E-state index contributed by atoms with van der Waals surface area (Å²) in [6.07, 6.45) is 6.23. The van der Waals surface area contributed by atoms with Crippen molar-refractivity contribution < 1.29 is 14.6 Å². The van der Waals surface area contributed by atoms with Crippen LogP contribution in [-0.4, -0.2) is 49.5 Å². The summed E-state index contributed by atoms with van der Waals surface area (Å²) in [4.78, 5) is 2.44. The van der Waals surface area contributed by atoms with Crippen LogP contribution in [0.2, 0.25) is 0 Å². The van der Waals surface area contributed by atoms with Crippen molar-refractivity contribution >= 4 is 22.6 Å². The Balaban J connectivity index is 2.04. The SMILES string of the molecule is COc1ccc(CCN2CCC[C@@]2(CO)C/C=C\I)cc1OC. The van der Waals surface area contributed by atoms with Crippen LogP contribution in [-0.2, 0) is 6.42 Å². The number of nitrogens with zero attached hydrogens (tertiary/aromatic N) is 1. The van der Waals surface area contributed by atoms with E-state index in [0.29, 0.717) is 0 Å². The van der Waals surface area contributed by atoms with Crippen LogP contribution in [0.5, 0.6) is 11.5 Å². The first-order chi connectivity index (χ1) is 11.2. The highest BCUT2D eigenvalue weighted by molar-refractivity contribution is 14.1. The fourth-order valence-electron chi connectivity index (χ4n) is 3.38. The second-order valence-electron chi connectivity index (χ2n) is 5.98. The van der Waals surface area contributed by atoms with E-state index in [-0.39, 0.29) is 12.1 Å². The molecule has 0 aromatic heterocycles. The Kier molecular flexibility index (Phi) is 7.17. The van der Waals surface area contributed by atoms with Crippen LogP contribution >= 0.6 is 22.6 Å². The van der Waals surface area contributed by atoms with Crippen molar-refractivity contribution in [2.24, 2.45) is 0 Å². The number of ether oxygens (including phenoxy) is 2. The lowest BCUT2D eigenvalue weighted by Crippen LogP contribution is -2.47. The molecule has 0 bridgehead atoms. The molecule has 0 spiro atoms. The van der Waals surface area contributed by atoms with Gasteiger partial charge >= 0.3 is 0 Å². The Morgan fingerprint density at radius 2 is 2.09 bits per heavy atom. The molecule has 0 aliphatic carbocycles. The largest absolute Gasteiger partial charge is 0.493 e. The zero-order valence-corrected chi connectivity index (χ0v) is 16.1. The molecule has 1 saturated heterocycles. The molecule has 1 atom stereocenters. The number of rotatable bonds is 8. The highest BCUT2D eigenvalue weighted by atomic mass is 127. The molecule has 1 aromatic carbocycles. The van der Waals surface area contributed by atoms with Crippen molar-refractivity contribution in [3.63, 3.8) is 0 Å². The Hall–Kier alpha value is -0.790. The van der Waals surface area contributed by atoms with E-state index < -0.39 is 0 Å². The molecule has 128 valence electrons. The average Bonchev–Trinajstić information content (AvgIpc) is 3.01. The molecule has 1 fully saturated rings. The fourth-order valence-corrected chi connectivity index (χ4v) is 3.64. The van der Waals surface area contributed by atoms with E-state index in [9.17, 15) is 5.11 Å². The standard InChI is InChI=1S/C18H26INO3/c1-22-16-6-5-15(13-17(16)23-2)7-12-20-11-4-9-18(20,14-21)8-3-10-19/h3,5-6,10,13,21H,4,7-9,11-12,14H2,1-2H3/b10-3-/t18-/m1/s1. The summed E-state index contributed by atoms with van der Waals surface area (Å²) in [5, 5.41) is 9.95. The van der Waals surface area contributed by atoms with Gasteiger partial charge in [0.2, 0.25) is 0 Å². The number of aliphatic hydroxyl groups excluding tert-OH is 1. The van der Waals surface area contributed by atoms with Crippen molar-refractivity contribution in [1.29, 1.82) is 0 Å². The Morgan fingerprint density at radius 3 is 2.74 bits per heavy atom. The highest BCUT2D eigenvalue weighted by Gasteiger charge is 2.38. The van der Waals surface area contributed by atoms with Crippen LogP contribution in [0.25, 0.3) is 0 Å². The predicted molar refractivity (Wildman–Crippen MR) is 102 cm³/mol. The summed E-state index contributed by atoms with van der Waals surface area (Å²) >= 11 is 2.24. The number of aliphatic hydroxyl groups is 1. The summed E-state index contributed by atoms with van der Waals surface area (Å²) in [5.74, 6) is 1.53. The maximum absolute atomic E-state index is 9.95. The predicted octanol–water partition coefficient (Wildman–Crippen LogP) is 3.41. The Morgan fingerprint density at radius 1 is 1.30 bits per heavy atom. The van der Waals surface area contributed by atoms with Crippen LogP contribution in [0.3, 0.4) is 0 Å². The van der Waals surface area contributed by atoms with Crippen LogP contribution in [0.1, 0.15) is 24.8 Å². The first-order valence-electron chi connectivity index (χ1n) is 8.01. The van der Waals surface area contributed by atoms with Crippen molar-refractivity contribution in [3.8, 4) is 11.5 Å². The minimum Gasteiger partial charge on any atom is -0.493 e. The molecule has 4 nitrogen and oxygen atoms in total. The lowest BCUT2D eigenvalue weighted by atomic mass is 9.92. The topological polar surface area (TPSA) is 41.9 Å². The van der Waals surface area contributed by atoms with Crippen molar-refractivity contribution in [1.82, 2.24) is 4.90 Å². The van der Waals surface area contributed by atoms with Gasteiger partial charge in [0.05, 0.1) is 20.8 Å². The van der Waals surface area contributed by atoms with Gasteiger partial charge in [0, 0.05) is 12.1 Å². The van der Waals surface area contributed by atoms with E-state index in [2.05, 4.69) is 39.6 Å². The highest BCUT2D eigenvalue weighted by Crippen LogP contribution is 2.33. The van der Waals surface area contributed by atoms with Gasteiger partial charge in [-0.05, 0) is 54.0 Å². The smallest absolute Gasteiger partial charge is 0.160 e. The van der Waals surface area contributed by atoms with Crippen molar-refractivity contribution in [2.75, 3.05) is 33.9 Å². The Labute approximate surface area is 152 Å². The van der Waals surface area contributed by atoms with E-state index in [1.165, 1.54) is 5.56 Å². The van der Waals surface area contributed by atoms with Crippen LogP contribution in [0, 0.1) is 0 Å². The zero-order chi connectivity index (χ0) is 16.7. The summed E-state index contributed by atoms with van der Waals surface area (Å²) in [5.41, 5.74) is 1.14. The van der Waals surface area contributed by atoms with E-state index in [4.69, 9.17) is 9.47 Å². The first kappa shape index (κ1) is 18.5. The molecule has 1 heterocycles.